The molecule has 2 aromatic rings. The summed E-state index contributed by atoms with van der Waals surface area (Å²) in [5, 5.41) is 0. The van der Waals surface area contributed by atoms with Crippen LogP contribution in [-0.2, 0) is 4.79 Å². The highest BCUT2D eigenvalue weighted by atomic mass is 19.1. The number of hydrogen-bond donors (Lipinski definition) is 0. The molecule has 0 N–H and O–H groups in total. The van der Waals surface area contributed by atoms with Gasteiger partial charge in [0.15, 0.2) is 0 Å². The smallest absolute Gasteiger partial charge is 0.257 e. The lowest BCUT2D eigenvalue weighted by Crippen LogP contribution is -2.64. The molecule has 3 heterocycles. The van der Waals surface area contributed by atoms with E-state index in [0.29, 0.717) is 30.9 Å². The molecule has 26 heavy (non-hydrogen) atoms. The number of amides is 2. The van der Waals surface area contributed by atoms with Crippen LogP contribution in [-0.4, -0.2) is 60.4 Å². The van der Waals surface area contributed by atoms with Gasteiger partial charge in [0.25, 0.3) is 5.91 Å². The van der Waals surface area contributed by atoms with E-state index in [1.54, 1.807) is 28.0 Å². The predicted molar refractivity (Wildman–Crippen MR) is 93.3 cm³/mol. The maximum Gasteiger partial charge on any atom is 0.257 e. The van der Waals surface area contributed by atoms with Crippen LogP contribution in [0.5, 0.6) is 0 Å². The van der Waals surface area contributed by atoms with Crippen LogP contribution < -0.4 is 4.90 Å². The monoisotopic (exact) mass is 357 g/mol. The third kappa shape index (κ3) is 2.78. The summed E-state index contributed by atoms with van der Waals surface area (Å²) < 4.78 is 18.6. The van der Waals surface area contributed by atoms with Crippen molar-refractivity contribution < 1.29 is 18.4 Å². The van der Waals surface area contributed by atoms with E-state index in [4.69, 9.17) is 4.42 Å². The number of benzene rings is 1. The number of rotatable bonds is 2. The van der Waals surface area contributed by atoms with Gasteiger partial charge in [-0.3, -0.25) is 14.5 Å². The maximum absolute atomic E-state index is 13.6. The van der Waals surface area contributed by atoms with Gasteiger partial charge in [-0.05, 0) is 37.7 Å². The molecule has 0 bridgehead atoms. The van der Waals surface area contributed by atoms with Gasteiger partial charge in [-0.2, -0.15) is 0 Å². The van der Waals surface area contributed by atoms with Gasteiger partial charge >= 0.3 is 0 Å². The van der Waals surface area contributed by atoms with Gasteiger partial charge in [0.2, 0.25) is 5.91 Å². The molecule has 0 radical (unpaired) electrons. The van der Waals surface area contributed by atoms with Crippen molar-refractivity contribution in [3.63, 3.8) is 0 Å². The number of furan rings is 1. The fraction of sp³-hybridized carbons (Fsp3) is 0.368. The average Bonchev–Trinajstić information content (AvgIpc) is 3.29. The van der Waals surface area contributed by atoms with Crippen molar-refractivity contribution in [2.75, 3.05) is 38.1 Å². The van der Waals surface area contributed by atoms with Crippen LogP contribution in [0.25, 0.3) is 0 Å². The fourth-order valence-electron chi connectivity index (χ4n) is 3.88. The average molecular weight is 357 g/mol. The summed E-state index contributed by atoms with van der Waals surface area (Å²) in [5.41, 5.74) is 0.750. The molecule has 1 spiro atoms. The Bertz CT molecular complexity index is 838. The van der Waals surface area contributed by atoms with Crippen molar-refractivity contribution in [3.8, 4) is 0 Å². The molecule has 0 saturated carbocycles. The second kappa shape index (κ2) is 6.25. The Morgan fingerprint density at radius 2 is 2.12 bits per heavy atom. The number of likely N-dealkylation sites (tertiary alicyclic amines) is 1. The molecule has 1 aromatic heterocycles. The van der Waals surface area contributed by atoms with Gasteiger partial charge in [0, 0.05) is 25.3 Å². The molecule has 7 heteroatoms. The quantitative estimate of drug-likeness (QED) is 0.825. The van der Waals surface area contributed by atoms with E-state index in [1.165, 1.54) is 24.7 Å². The van der Waals surface area contributed by atoms with E-state index in [-0.39, 0.29) is 29.7 Å². The molecule has 0 unspecified atom stereocenters. The molecule has 4 rings (SSSR count). The summed E-state index contributed by atoms with van der Waals surface area (Å²) in [5.74, 6) is -0.506. The Hall–Kier alpha value is -2.67. The highest BCUT2D eigenvalue weighted by molar-refractivity contribution is 5.96. The minimum atomic E-state index is -0.369. The van der Waals surface area contributed by atoms with Gasteiger partial charge < -0.3 is 14.2 Å². The van der Waals surface area contributed by atoms with E-state index in [2.05, 4.69) is 0 Å². The van der Waals surface area contributed by atoms with Crippen molar-refractivity contribution in [3.05, 3.63) is 54.2 Å². The zero-order chi connectivity index (χ0) is 18.3. The molecule has 1 atom stereocenters. The first-order valence-electron chi connectivity index (χ1n) is 8.57. The van der Waals surface area contributed by atoms with E-state index in [9.17, 15) is 14.0 Å². The lowest BCUT2D eigenvalue weighted by Gasteiger charge is -2.46. The number of piperazine rings is 1. The molecule has 6 nitrogen and oxygen atoms in total. The lowest BCUT2D eigenvalue weighted by molar-refractivity contribution is -0.123. The Kier molecular flexibility index (Phi) is 4.03. The van der Waals surface area contributed by atoms with Crippen LogP contribution >= 0.6 is 0 Å². The highest BCUT2D eigenvalue weighted by Gasteiger charge is 2.48. The standard InChI is InChI=1S/C19H20FN3O3/c1-21-10-17(24)23(16-4-2-3-15(20)9-16)13-19(21)6-7-22(12-19)18(25)14-5-8-26-11-14/h2-5,8-9,11H,6-7,10,12-13H2,1H3/t19-/m1/s1. The van der Waals surface area contributed by atoms with E-state index >= 15 is 0 Å². The zero-order valence-corrected chi connectivity index (χ0v) is 14.5. The van der Waals surface area contributed by atoms with Gasteiger partial charge in [-0.25, -0.2) is 4.39 Å². The van der Waals surface area contributed by atoms with Crippen molar-refractivity contribution in [2.45, 2.75) is 12.0 Å². The largest absolute Gasteiger partial charge is 0.472 e. The number of carbonyl (C=O) groups is 2. The van der Waals surface area contributed by atoms with Crippen LogP contribution in [0.15, 0.2) is 47.3 Å². The summed E-state index contributed by atoms with van der Waals surface area (Å²) in [7, 11) is 1.91. The molecule has 2 saturated heterocycles. The molecule has 2 amide bonds. The summed E-state index contributed by atoms with van der Waals surface area (Å²) in [6, 6.07) is 7.73. The van der Waals surface area contributed by atoms with Crippen molar-refractivity contribution in [1.82, 2.24) is 9.80 Å². The highest BCUT2D eigenvalue weighted by Crippen LogP contribution is 2.34. The third-order valence-electron chi connectivity index (χ3n) is 5.44. The van der Waals surface area contributed by atoms with Gasteiger partial charge in [0.05, 0.1) is 23.9 Å². The first-order chi connectivity index (χ1) is 12.5. The first kappa shape index (κ1) is 16.8. The molecular weight excluding hydrogens is 337 g/mol. The lowest BCUT2D eigenvalue weighted by atomic mass is 9.92. The van der Waals surface area contributed by atoms with E-state index < -0.39 is 0 Å². The summed E-state index contributed by atoms with van der Waals surface area (Å²) in [4.78, 5) is 30.6. The first-order valence-corrected chi connectivity index (χ1v) is 8.57. The van der Waals surface area contributed by atoms with Crippen LogP contribution in [0.1, 0.15) is 16.8 Å². The van der Waals surface area contributed by atoms with Gasteiger partial charge in [0.1, 0.15) is 12.1 Å². The number of nitrogens with zero attached hydrogens (tertiary/aromatic N) is 3. The molecule has 0 aliphatic carbocycles. The number of likely N-dealkylation sites (N-methyl/N-ethyl adjacent to an activating group) is 1. The van der Waals surface area contributed by atoms with Crippen LogP contribution in [0.4, 0.5) is 10.1 Å². The minimum absolute atomic E-state index is 0.0664. The minimum Gasteiger partial charge on any atom is -0.472 e. The van der Waals surface area contributed by atoms with Gasteiger partial charge in [-0.1, -0.05) is 6.07 Å². The van der Waals surface area contributed by atoms with Crippen molar-refractivity contribution >= 4 is 17.5 Å². The number of anilines is 1. The summed E-state index contributed by atoms with van der Waals surface area (Å²) in [6.07, 6.45) is 3.68. The number of halogens is 1. The molecule has 2 aliphatic rings. The van der Waals surface area contributed by atoms with Crippen LogP contribution in [0.3, 0.4) is 0 Å². The number of carbonyl (C=O) groups excluding carboxylic acids is 2. The Balaban J connectivity index is 1.57. The molecule has 1 aromatic carbocycles. The van der Waals surface area contributed by atoms with E-state index in [0.717, 1.165) is 6.42 Å². The van der Waals surface area contributed by atoms with Gasteiger partial charge in [-0.15, -0.1) is 0 Å². The molecule has 2 aliphatic heterocycles. The Morgan fingerprint density at radius 3 is 2.85 bits per heavy atom. The Morgan fingerprint density at radius 1 is 1.27 bits per heavy atom. The number of hydrogen-bond acceptors (Lipinski definition) is 4. The maximum atomic E-state index is 13.6. The second-order valence-electron chi connectivity index (χ2n) is 7.03. The summed E-state index contributed by atoms with van der Waals surface area (Å²) in [6.45, 7) is 1.80. The third-order valence-corrected chi connectivity index (χ3v) is 5.44. The van der Waals surface area contributed by atoms with E-state index in [1.807, 2.05) is 11.9 Å². The van der Waals surface area contributed by atoms with Crippen LogP contribution in [0, 0.1) is 5.82 Å². The SMILES string of the molecule is CN1CC(=O)N(c2cccc(F)c2)C[C@]12CCN(C(=O)c1ccoc1)C2. The molecule has 2 fully saturated rings. The topological polar surface area (TPSA) is 57.0 Å². The van der Waals surface area contributed by atoms with Crippen molar-refractivity contribution in [2.24, 2.45) is 0 Å². The predicted octanol–water partition coefficient (Wildman–Crippen LogP) is 1.98. The summed E-state index contributed by atoms with van der Waals surface area (Å²) >= 11 is 0. The normalized spacial score (nSPS) is 23.8. The van der Waals surface area contributed by atoms with Crippen molar-refractivity contribution in [1.29, 1.82) is 0 Å². The molecular formula is C19H20FN3O3. The Labute approximate surface area is 150 Å². The van der Waals surface area contributed by atoms with Crippen LogP contribution in [0.2, 0.25) is 0 Å². The fourth-order valence-corrected chi connectivity index (χ4v) is 3.88. The zero-order valence-electron chi connectivity index (χ0n) is 14.5. The molecule has 136 valence electrons. The second-order valence-corrected chi connectivity index (χ2v) is 7.03.